The minimum absolute atomic E-state index is 0.0625. The molecule has 1 aliphatic rings. The zero-order valence-corrected chi connectivity index (χ0v) is 12.5. The number of thioether (sulfide) groups is 1. The Hall–Kier alpha value is -0.560. The largest absolute Gasteiger partial charge is 0.330 e. The van der Waals surface area contributed by atoms with Gasteiger partial charge in [-0.3, -0.25) is 0 Å². The normalized spacial score (nSPS) is 20.4. The molecule has 2 rings (SSSR count). The molecule has 0 aromatic heterocycles. The lowest BCUT2D eigenvalue weighted by Gasteiger charge is -2.22. The predicted octanol–water partition coefficient (Wildman–Crippen LogP) is 1.36. The van der Waals surface area contributed by atoms with Crippen LogP contribution in [-0.2, 0) is 16.4 Å². The third-order valence-corrected chi connectivity index (χ3v) is 5.90. The van der Waals surface area contributed by atoms with E-state index in [0.717, 1.165) is 36.3 Å². The highest BCUT2D eigenvalue weighted by atomic mass is 32.2. The lowest BCUT2D eigenvalue weighted by atomic mass is 10.2. The van der Waals surface area contributed by atoms with Crippen molar-refractivity contribution in [3.8, 4) is 0 Å². The van der Waals surface area contributed by atoms with Crippen molar-refractivity contribution in [1.82, 2.24) is 4.72 Å². The Bertz CT molecular complexity index is 494. The minimum atomic E-state index is -3.39. The van der Waals surface area contributed by atoms with Crippen LogP contribution in [0.4, 0.5) is 0 Å². The molecular weight excluding hydrogens is 280 g/mol. The molecule has 1 aliphatic heterocycles. The van der Waals surface area contributed by atoms with Crippen molar-refractivity contribution >= 4 is 21.8 Å². The lowest BCUT2D eigenvalue weighted by Crippen LogP contribution is -2.38. The summed E-state index contributed by atoms with van der Waals surface area (Å²) in [6.45, 7) is 0.573. The van der Waals surface area contributed by atoms with Crippen molar-refractivity contribution in [3.05, 3.63) is 29.8 Å². The van der Waals surface area contributed by atoms with Gasteiger partial charge in [0.1, 0.15) is 0 Å². The van der Waals surface area contributed by atoms with E-state index >= 15 is 0 Å². The van der Waals surface area contributed by atoms with Gasteiger partial charge in [0.15, 0.2) is 0 Å². The first kappa shape index (κ1) is 14.8. The smallest absolute Gasteiger partial charge is 0.240 e. The van der Waals surface area contributed by atoms with Crippen molar-refractivity contribution in [2.24, 2.45) is 5.73 Å². The number of nitrogens with one attached hydrogen (secondary N) is 1. The fourth-order valence-electron chi connectivity index (χ4n) is 2.12. The highest BCUT2D eigenvalue weighted by Gasteiger charge is 2.21. The molecule has 0 saturated carbocycles. The van der Waals surface area contributed by atoms with E-state index in [1.807, 2.05) is 23.9 Å². The molecule has 0 amide bonds. The summed E-state index contributed by atoms with van der Waals surface area (Å²) in [5.41, 5.74) is 6.54. The van der Waals surface area contributed by atoms with E-state index in [-0.39, 0.29) is 6.04 Å². The Labute approximate surface area is 119 Å². The van der Waals surface area contributed by atoms with Gasteiger partial charge in [0.25, 0.3) is 0 Å². The van der Waals surface area contributed by atoms with E-state index in [0.29, 0.717) is 11.4 Å². The van der Waals surface area contributed by atoms with Crippen LogP contribution in [0, 0.1) is 0 Å². The van der Waals surface area contributed by atoms with Gasteiger partial charge in [0.05, 0.1) is 4.90 Å². The van der Waals surface area contributed by atoms with E-state index in [1.54, 1.807) is 12.1 Å². The molecular formula is C13H20N2O2S2. The molecule has 0 spiro atoms. The molecule has 1 aromatic carbocycles. The number of hydrogen-bond donors (Lipinski definition) is 2. The molecule has 1 atom stereocenters. The Morgan fingerprint density at radius 1 is 1.32 bits per heavy atom. The van der Waals surface area contributed by atoms with Crippen LogP contribution in [0.3, 0.4) is 0 Å². The molecule has 3 N–H and O–H groups in total. The van der Waals surface area contributed by atoms with Gasteiger partial charge < -0.3 is 5.73 Å². The molecule has 1 unspecified atom stereocenters. The van der Waals surface area contributed by atoms with Crippen LogP contribution < -0.4 is 10.5 Å². The number of sulfonamides is 1. The second-order valence-corrected chi connectivity index (χ2v) is 7.58. The summed E-state index contributed by atoms with van der Waals surface area (Å²) in [4.78, 5) is 0.337. The fourth-order valence-corrected chi connectivity index (χ4v) is 4.57. The predicted molar refractivity (Wildman–Crippen MR) is 79.9 cm³/mol. The van der Waals surface area contributed by atoms with E-state index in [2.05, 4.69) is 4.72 Å². The minimum Gasteiger partial charge on any atom is -0.330 e. The quantitative estimate of drug-likeness (QED) is 0.861. The molecule has 1 aromatic rings. The molecule has 4 nitrogen and oxygen atoms in total. The SMILES string of the molecule is NCCc1ccc(S(=O)(=O)NC2CCCSC2)cc1. The van der Waals surface area contributed by atoms with Crippen LogP contribution in [0.25, 0.3) is 0 Å². The van der Waals surface area contributed by atoms with Crippen molar-refractivity contribution < 1.29 is 8.42 Å². The zero-order chi connectivity index (χ0) is 13.7. The molecule has 106 valence electrons. The highest BCUT2D eigenvalue weighted by Crippen LogP contribution is 2.19. The summed E-state index contributed by atoms with van der Waals surface area (Å²) >= 11 is 1.81. The number of hydrogen-bond acceptors (Lipinski definition) is 4. The number of rotatable bonds is 5. The number of benzene rings is 1. The van der Waals surface area contributed by atoms with Gasteiger partial charge in [-0.15, -0.1) is 0 Å². The van der Waals surface area contributed by atoms with Gasteiger partial charge in [-0.1, -0.05) is 12.1 Å². The topological polar surface area (TPSA) is 72.2 Å². The third-order valence-electron chi connectivity index (χ3n) is 3.15. The zero-order valence-electron chi connectivity index (χ0n) is 10.8. The van der Waals surface area contributed by atoms with Gasteiger partial charge in [0.2, 0.25) is 10.0 Å². The summed E-state index contributed by atoms with van der Waals surface area (Å²) in [7, 11) is -3.39. The average Bonchev–Trinajstić information content (AvgIpc) is 2.40. The first-order valence-electron chi connectivity index (χ1n) is 6.51. The van der Waals surface area contributed by atoms with Crippen LogP contribution in [0.15, 0.2) is 29.2 Å². The molecule has 0 radical (unpaired) electrons. The third kappa shape index (κ3) is 4.21. The summed E-state index contributed by atoms with van der Waals surface area (Å²) in [5.74, 6) is 2.00. The second-order valence-electron chi connectivity index (χ2n) is 4.72. The van der Waals surface area contributed by atoms with E-state index in [4.69, 9.17) is 5.73 Å². The summed E-state index contributed by atoms with van der Waals surface area (Å²) in [5, 5.41) is 0. The highest BCUT2D eigenvalue weighted by molar-refractivity contribution is 7.99. The molecule has 19 heavy (non-hydrogen) atoms. The monoisotopic (exact) mass is 300 g/mol. The van der Waals surface area contributed by atoms with E-state index in [9.17, 15) is 8.42 Å². The van der Waals surface area contributed by atoms with Crippen LogP contribution in [0.2, 0.25) is 0 Å². The maximum absolute atomic E-state index is 12.2. The molecule has 0 aliphatic carbocycles. The van der Waals surface area contributed by atoms with Gasteiger partial charge >= 0.3 is 0 Å². The summed E-state index contributed by atoms with van der Waals surface area (Å²) in [6.07, 6.45) is 2.78. The maximum atomic E-state index is 12.2. The summed E-state index contributed by atoms with van der Waals surface area (Å²) in [6, 6.07) is 7.04. The van der Waals surface area contributed by atoms with Crippen molar-refractivity contribution in [2.45, 2.75) is 30.2 Å². The maximum Gasteiger partial charge on any atom is 0.240 e. The van der Waals surface area contributed by atoms with Crippen LogP contribution >= 0.6 is 11.8 Å². The molecule has 1 saturated heterocycles. The first-order chi connectivity index (χ1) is 9.12. The lowest BCUT2D eigenvalue weighted by molar-refractivity contribution is 0.543. The Morgan fingerprint density at radius 2 is 2.05 bits per heavy atom. The molecule has 1 heterocycles. The van der Waals surface area contributed by atoms with Gasteiger partial charge in [-0.05, 0) is 49.3 Å². The van der Waals surface area contributed by atoms with Crippen molar-refractivity contribution in [1.29, 1.82) is 0 Å². The second kappa shape index (κ2) is 6.74. The van der Waals surface area contributed by atoms with E-state index < -0.39 is 10.0 Å². The van der Waals surface area contributed by atoms with Gasteiger partial charge in [-0.2, -0.15) is 11.8 Å². The Morgan fingerprint density at radius 3 is 2.63 bits per heavy atom. The average molecular weight is 300 g/mol. The summed E-state index contributed by atoms with van der Waals surface area (Å²) < 4.78 is 27.2. The molecule has 6 heteroatoms. The van der Waals surface area contributed by atoms with Gasteiger partial charge in [-0.25, -0.2) is 13.1 Å². The van der Waals surface area contributed by atoms with E-state index in [1.165, 1.54) is 0 Å². The van der Waals surface area contributed by atoms with Crippen LogP contribution in [0.5, 0.6) is 0 Å². The van der Waals surface area contributed by atoms with Crippen molar-refractivity contribution in [2.75, 3.05) is 18.1 Å². The number of nitrogens with two attached hydrogens (primary N) is 1. The molecule has 0 bridgehead atoms. The Kier molecular flexibility index (Phi) is 5.27. The fraction of sp³-hybridized carbons (Fsp3) is 0.538. The van der Waals surface area contributed by atoms with Crippen molar-refractivity contribution in [3.63, 3.8) is 0 Å². The van der Waals surface area contributed by atoms with Crippen LogP contribution in [0.1, 0.15) is 18.4 Å². The first-order valence-corrected chi connectivity index (χ1v) is 9.15. The standard InChI is InChI=1S/C13H20N2O2S2/c14-8-7-11-3-5-13(6-4-11)19(16,17)15-12-2-1-9-18-10-12/h3-6,12,15H,1-2,7-10,14H2. The van der Waals surface area contributed by atoms with Crippen LogP contribution in [-0.4, -0.2) is 32.5 Å². The van der Waals surface area contributed by atoms with Gasteiger partial charge in [0, 0.05) is 11.8 Å². The Balaban J connectivity index is 2.05. The molecule has 1 fully saturated rings.